The van der Waals surface area contributed by atoms with Gasteiger partial charge in [-0.2, -0.15) is 0 Å². The first-order valence-electron chi connectivity index (χ1n) is 10.3. The minimum absolute atomic E-state index is 0.202. The summed E-state index contributed by atoms with van der Waals surface area (Å²) >= 11 is 0. The zero-order chi connectivity index (χ0) is 20.5. The molecule has 0 saturated carbocycles. The van der Waals surface area contributed by atoms with Crippen LogP contribution in [0.2, 0.25) is 0 Å². The average molecular weight is 403 g/mol. The van der Waals surface area contributed by atoms with Crippen LogP contribution in [0.25, 0.3) is 0 Å². The zero-order valence-corrected chi connectivity index (χ0v) is 17.0. The molecule has 1 amide bonds. The first-order chi connectivity index (χ1) is 14.7. The smallest absolute Gasteiger partial charge is 0.293 e. The fourth-order valence-corrected chi connectivity index (χ4v) is 4.62. The fourth-order valence-electron chi connectivity index (χ4n) is 4.62. The predicted molar refractivity (Wildman–Crippen MR) is 113 cm³/mol. The molecule has 154 valence electrons. The topological polar surface area (TPSA) is 72.3 Å². The van der Waals surface area contributed by atoms with E-state index in [1.807, 2.05) is 47.0 Å². The first kappa shape index (κ1) is 18.8. The number of methoxy groups -OCH3 is 1. The fraction of sp³-hybridized carbons (Fsp3) is 0.348. The Balaban J connectivity index is 1.26. The van der Waals surface area contributed by atoms with Gasteiger partial charge in [-0.05, 0) is 41.7 Å². The number of fused-ring (bicyclic) bond motifs is 2. The average Bonchev–Trinajstić information content (AvgIpc) is 3.36. The number of hydrogen-bond donors (Lipinski definition) is 1. The molecule has 7 nitrogen and oxygen atoms in total. The number of nitrogens with zero attached hydrogens (tertiary/aromatic N) is 4. The molecule has 7 heteroatoms. The van der Waals surface area contributed by atoms with Gasteiger partial charge in [0.05, 0.1) is 7.11 Å². The number of aromatic nitrogens is 3. The van der Waals surface area contributed by atoms with Gasteiger partial charge in [0.15, 0.2) is 0 Å². The van der Waals surface area contributed by atoms with Crippen LogP contribution in [0.1, 0.15) is 22.0 Å². The maximum absolute atomic E-state index is 12.7. The van der Waals surface area contributed by atoms with Crippen LogP contribution in [0, 0.1) is 11.8 Å². The summed E-state index contributed by atoms with van der Waals surface area (Å²) in [6, 6.07) is 17.7. The Morgan fingerprint density at radius 3 is 2.57 bits per heavy atom. The molecular weight excluding hydrogens is 378 g/mol. The van der Waals surface area contributed by atoms with E-state index in [0.29, 0.717) is 17.7 Å². The molecule has 0 aliphatic carbocycles. The summed E-state index contributed by atoms with van der Waals surface area (Å²) in [7, 11) is 1.69. The van der Waals surface area contributed by atoms with E-state index in [9.17, 15) is 4.79 Å². The standard InChI is InChI=1S/C23H25N5O2/c1-30-20-9-7-16(8-10-20)12-27-13-17-11-21-25-26-22(28(21)15-18(17)14-27)23(29)24-19-5-3-2-4-6-19/h2-10,17-18H,11-15H2,1H3,(H,24,29)/t17-,18+/m1/s1. The van der Waals surface area contributed by atoms with E-state index in [1.54, 1.807) is 7.11 Å². The molecule has 1 aromatic heterocycles. The highest BCUT2D eigenvalue weighted by Crippen LogP contribution is 2.33. The molecular formula is C23H25N5O2. The number of anilines is 1. The van der Waals surface area contributed by atoms with Crippen molar-refractivity contribution < 1.29 is 9.53 Å². The van der Waals surface area contributed by atoms with Crippen molar-refractivity contribution in [2.24, 2.45) is 11.8 Å². The van der Waals surface area contributed by atoms with Crippen molar-refractivity contribution in [3.8, 4) is 5.75 Å². The number of para-hydroxylation sites is 1. The Kier molecular flexibility index (Phi) is 4.96. The Bertz CT molecular complexity index is 1030. The summed E-state index contributed by atoms with van der Waals surface area (Å²) in [5.41, 5.74) is 2.05. The van der Waals surface area contributed by atoms with Crippen LogP contribution in [0.5, 0.6) is 5.75 Å². The molecule has 3 heterocycles. The highest BCUT2D eigenvalue weighted by molar-refractivity contribution is 6.01. The molecule has 3 aromatic rings. The van der Waals surface area contributed by atoms with Gasteiger partial charge < -0.3 is 14.6 Å². The van der Waals surface area contributed by atoms with Gasteiger partial charge in [-0.25, -0.2) is 0 Å². The molecule has 2 aromatic carbocycles. The first-order valence-corrected chi connectivity index (χ1v) is 10.3. The van der Waals surface area contributed by atoms with Gasteiger partial charge in [0.25, 0.3) is 5.91 Å². The van der Waals surface area contributed by atoms with Crippen LogP contribution in [0.4, 0.5) is 5.69 Å². The second-order valence-electron chi connectivity index (χ2n) is 8.14. The second kappa shape index (κ2) is 7.91. The van der Waals surface area contributed by atoms with Crippen molar-refractivity contribution in [1.82, 2.24) is 19.7 Å². The van der Waals surface area contributed by atoms with Crippen LogP contribution in [-0.2, 0) is 19.5 Å². The molecule has 2 aliphatic rings. The van der Waals surface area contributed by atoms with Crippen LogP contribution in [-0.4, -0.2) is 45.8 Å². The third kappa shape index (κ3) is 3.68. The van der Waals surface area contributed by atoms with Gasteiger partial charge in [0.1, 0.15) is 11.6 Å². The summed E-state index contributed by atoms with van der Waals surface area (Å²) < 4.78 is 7.26. The van der Waals surface area contributed by atoms with Crippen molar-refractivity contribution in [2.75, 3.05) is 25.5 Å². The number of ether oxygens (including phenoxy) is 1. The maximum atomic E-state index is 12.7. The minimum atomic E-state index is -0.202. The number of hydrogen-bond acceptors (Lipinski definition) is 5. The molecule has 0 unspecified atom stereocenters. The lowest BCUT2D eigenvalue weighted by molar-refractivity contribution is 0.100. The molecule has 2 aliphatic heterocycles. The van der Waals surface area contributed by atoms with E-state index in [4.69, 9.17) is 4.74 Å². The van der Waals surface area contributed by atoms with Crippen molar-refractivity contribution >= 4 is 11.6 Å². The zero-order valence-electron chi connectivity index (χ0n) is 17.0. The second-order valence-corrected chi connectivity index (χ2v) is 8.14. The molecule has 0 bridgehead atoms. The Hall–Kier alpha value is -3.19. The lowest BCUT2D eigenvalue weighted by Crippen LogP contribution is -2.31. The van der Waals surface area contributed by atoms with Gasteiger partial charge in [-0.3, -0.25) is 9.69 Å². The summed E-state index contributed by atoms with van der Waals surface area (Å²) in [4.78, 5) is 15.2. The number of rotatable bonds is 5. The normalized spacial score (nSPS) is 20.4. The van der Waals surface area contributed by atoms with E-state index in [2.05, 4.69) is 32.5 Å². The molecule has 30 heavy (non-hydrogen) atoms. The number of carbonyl (C=O) groups excluding carboxylic acids is 1. The number of nitrogens with one attached hydrogen (secondary N) is 1. The van der Waals surface area contributed by atoms with Gasteiger partial charge in [0.2, 0.25) is 5.82 Å². The van der Waals surface area contributed by atoms with Crippen molar-refractivity contribution in [3.05, 3.63) is 71.8 Å². The van der Waals surface area contributed by atoms with E-state index in [-0.39, 0.29) is 5.91 Å². The van der Waals surface area contributed by atoms with Crippen molar-refractivity contribution in [2.45, 2.75) is 19.5 Å². The largest absolute Gasteiger partial charge is 0.497 e. The van der Waals surface area contributed by atoms with Gasteiger partial charge >= 0.3 is 0 Å². The summed E-state index contributed by atoms with van der Waals surface area (Å²) in [6.45, 7) is 3.80. The van der Waals surface area contributed by atoms with Crippen molar-refractivity contribution in [1.29, 1.82) is 0 Å². The third-order valence-electron chi connectivity index (χ3n) is 6.14. The summed E-state index contributed by atoms with van der Waals surface area (Å²) in [5, 5.41) is 11.4. The predicted octanol–water partition coefficient (Wildman–Crippen LogP) is 2.84. The minimum Gasteiger partial charge on any atom is -0.497 e. The third-order valence-corrected chi connectivity index (χ3v) is 6.14. The molecule has 2 atom stereocenters. The molecule has 0 radical (unpaired) electrons. The van der Waals surface area contributed by atoms with E-state index < -0.39 is 0 Å². The Morgan fingerprint density at radius 2 is 1.80 bits per heavy atom. The molecule has 0 spiro atoms. The van der Waals surface area contributed by atoms with Crippen LogP contribution in [0.15, 0.2) is 54.6 Å². The molecule has 5 rings (SSSR count). The number of carbonyl (C=O) groups is 1. The SMILES string of the molecule is COc1ccc(CN2C[C@H]3Cc4nnc(C(=O)Nc5ccccc5)n4C[C@@H]3C2)cc1. The van der Waals surface area contributed by atoms with E-state index >= 15 is 0 Å². The highest BCUT2D eigenvalue weighted by atomic mass is 16.5. The molecule has 1 saturated heterocycles. The van der Waals surface area contributed by atoms with Crippen molar-refractivity contribution in [3.63, 3.8) is 0 Å². The molecule has 1 N–H and O–H groups in total. The van der Waals surface area contributed by atoms with Crippen LogP contribution >= 0.6 is 0 Å². The van der Waals surface area contributed by atoms with Gasteiger partial charge in [0, 0.05) is 38.3 Å². The van der Waals surface area contributed by atoms with Crippen LogP contribution < -0.4 is 10.1 Å². The lowest BCUT2D eigenvalue weighted by atomic mass is 9.89. The highest BCUT2D eigenvalue weighted by Gasteiger charge is 2.39. The number of amides is 1. The van der Waals surface area contributed by atoms with Gasteiger partial charge in [-0.1, -0.05) is 30.3 Å². The Labute approximate surface area is 175 Å². The lowest BCUT2D eigenvalue weighted by Gasteiger charge is -2.25. The number of benzene rings is 2. The van der Waals surface area contributed by atoms with Crippen LogP contribution in [0.3, 0.4) is 0 Å². The van der Waals surface area contributed by atoms with Gasteiger partial charge in [-0.15, -0.1) is 10.2 Å². The summed E-state index contributed by atoms with van der Waals surface area (Å²) in [6.07, 6.45) is 0.870. The summed E-state index contributed by atoms with van der Waals surface area (Å²) in [5.74, 6) is 3.07. The quantitative estimate of drug-likeness (QED) is 0.709. The maximum Gasteiger partial charge on any atom is 0.293 e. The Morgan fingerprint density at radius 1 is 1.03 bits per heavy atom. The van der Waals surface area contributed by atoms with E-state index in [0.717, 1.165) is 49.9 Å². The number of likely N-dealkylation sites (tertiary alicyclic amines) is 1. The monoisotopic (exact) mass is 403 g/mol. The molecule has 1 fully saturated rings. The van der Waals surface area contributed by atoms with E-state index in [1.165, 1.54) is 5.56 Å².